The summed E-state index contributed by atoms with van der Waals surface area (Å²) in [6.45, 7) is 4.00. The minimum atomic E-state index is -0.894. The SMILES string of the molecule is CC[C@@]1(C)NC(=O)N(/N=C\c2cccc(OCc3ccccc3)c2)C1=O. The van der Waals surface area contributed by atoms with E-state index in [2.05, 4.69) is 10.4 Å². The average molecular weight is 351 g/mol. The molecule has 26 heavy (non-hydrogen) atoms. The lowest BCUT2D eigenvalue weighted by molar-refractivity contribution is -0.130. The Hall–Kier alpha value is -3.15. The van der Waals surface area contributed by atoms with Gasteiger partial charge in [0, 0.05) is 0 Å². The molecule has 1 atom stereocenters. The molecular formula is C20H21N3O3. The van der Waals surface area contributed by atoms with Crippen molar-refractivity contribution in [2.45, 2.75) is 32.4 Å². The highest BCUT2D eigenvalue weighted by molar-refractivity contribution is 6.07. The summed E-state index contributed by atoms with van der Waals surface area (Å²) in [5, 5.41) is 7.59. The van der Waals surface area contributed by atoms with E-state index < -0.39 is 11.6 Å². The van der Waals surface area contributed by atoms with Gasteiger partial charge < -0.3 is 10.1 Å². The maximum atomic E-state index is 12.3. The number of ether oxygens (including phenoxy) is 1. The largest absolute Gasteiger partial charge is 0.489 e. The fourth-order valence-corrected chi connectivity index (χ4v) is 2.56. The van der Waals surface area contributed by atoms with Crippen LogP contribution in [-0.4, -0.2) is 28.7 Å². The van der Waals surface area contributed by atoms with E-state index in [1.54, 1.807) is 6.92 Å². The van der Waals surface area contributed by atoms with Gasteiger partial charge in [0.1, 0.15) is 17.9 Å². The normalized spacial score (nSPS) is 19.8. The molecular weight excluding hydrogens is 330 g/mol. The molecule has 1 saturated heterocycles. The van der Waals surface area contributed by atoms with Crippen LogP contribution in [0.25, 0.3) is 0 Å². The molecule has 0 radical (unpaired) electrons. The lowest BCUT2D eigenvalue weighted by Gasteiger charge is -2.17. The van der Waals surface area contributed by atoms with Crippen LogP contribution in [-0.2, 0) is 11.4 Å². The third kappa shape index (κ3) is 3.74. The number of hydrazone groups is 1. The van der Waals surface area contributed by atoms with Crippen molar-refractivity contribution < 1.29 is 14.3 Å². The number of hydrogen-bond acceptors (Lipinski definition) is 4. The molecule has 2 aromatic carbocycles. The van der Waals surface area contributed by atoms with Crippen molar-refractivity contribution in [2.24, 2.45) is 5.10 Å². The number of urea groups is 1. The molecule has 3 amide bonds. The van der Waals surface area contributed by atoms with E-state index in [1.807, 2.05) is 61.5 Å². The zero-order valence-electron chi connectivity index (χ0n) is 14.8. The Balaban J connectivity index is 1.68. The van der Waals surface area contributed by atoms with Crippen molar-refractivity contribution in [1.29, 1.82) is 0 Å². The Labute approximate surface area is 152 Å². The van der Waals surface area contributed by atoms with Gasteiger partial charge in [0.2, 0.25) is 0 Å². The number of rotatable bonds is 6. The number of nitrogens with one attached hydrogen (secondary N) is 1. The van der Waals surface area contributed by atoms with Crippen LogP contribution in [0, 0.1) is 0 Å². The summed E-state index contributed by atoms with van der Waals surface area (Å²) in [7, 11) is 0. The van der Waals surface area contributed by atoms with Crippen LogP contribution in [0.3, 0.4) is 0 Å². The first-order valence-corrected chi connectivity index (χ1v) is 8.49. The third-order valence-electron chi connectivity index (χ3n) is 4.38. The number of imide groups is 1. The highest BCUT2D eigenvalue weighted by Crippen LogP contribution is 2.21. The van der Waals surface area contributed by atoms with Gasteiger partial charge in [-0.05, 0) is 36.6 Å². The third-order valence-corrected chi connectivity index (χ3v) is 4.38. The van der Waals surface area contributed by atoms with Gasteiger partial charge in [-0.15, -0.1) is 5.01 Å². The van der Waals surface area contributed by atoms with E-state index in [4.69, 9.17) is 4.74 Å². The highest BCUT2D eigenvalue weighted by Gasteiger charge is 2.46. The Morgan fingerprint density at radius 3 is 2.62 bits per heavy atom. The van der Waals surface area contributed by atoms with Crippen LogP contribution in [0.2, 0.25) is 0 Å². The predicted octanol–water partition coefficient (Wildman–Crippen LogP) is 3.32. The van der Waals surface area contributed by atoms with Gasteiger partial charge in [-0.3, -0.25) is 4.79 Å². The van der Waals surface area contributed by atoms with E-state index in [0.717, 1.165) is 16.1 Å². The number of carbonyl (C=O) groups excluding carboxylic acids is 2. The van der Waals surface area contributed by atoms with E-state index in [1.165, 1.54) is 6.21 Å². The fraction of sp³-hybridized carbons (Fsp3) is 0.250. The second-order valence-electron chi connectivity index (χ2n) is 6.32. The summed E-state index contributed by atoms with van der Waals surface area (Å²) in [6, 6.07) is 16.7. The second-order valence-corrected chi connectivity index (χ2v) is 6.32. The maximum absolute atomic E-state index is 12.3. The lowest BCUT2D eigenvalue weighted by atomic mass is 10.00. The van der Waals surface area contributed by atoms with Crippen molar-refractivity contribution in [3.8, 4) is 5.75 Å². The summed E-state index contributed by atoms with van der Waals surface area (Å²) in [5.74, 6) is 0.339. The molecule has 0 saturated carbocycles. The molecule has 134 valence electrons. The lowest BCUT2D eigenvalue weighted by Crippen LogP contribution is -2.42. The molecule has 6 heteroatoms. The summed E-state index contributed by atoms with van der Waals surface area (Å²) in [5.41, 5.74) is 0.917. The van der Waals surface area contributed by atoms with Crippen LogP contribution in [0.4, 0.5) is 4.79 Å². The van der Waals surface area contributed by atoms with Gasteiger partial charge in [-0.25, -0.2) is 4.79 Å². The number of carbonyl (C=O) groups is 2. The summed E-state index contributed by atoms with van der Waals surface area (Å²) < 4.78 is 5.78. The van der Waals surface area contributed by atoms with Gasteiger partial charge in [0.15, 0.2) is 0 Å². The van der Waals surface area contributed by atoms with Crippen molar-refractivity contribution in [1.82, 2.24) is 10.3 Å². The zero-order valence-corrected chi connectivity index (χ0v) is 14.8. The molecule has 1 N–H and O–H groups in total. The monoisotopic (exact) mass is 351 g/mol. The molecule has 3 rings (SSSR count). The zero-order chi connectivity index (χ0) is 18.6. The minimum Gasteiger partial charge on any atom is -0.489 e. The summed E-state index contributed by atoms with van der Waals surface area (Å²) in [4.78, 5) is 24.3. The minimum absolute atomic E-state index is 0.349. The van der Waals surface area contributed by atoms with Gasteiger partial charge in [-0.1, -0.05) is 49.4 Å². The van der Waals surface area contributed by atoms with Crippen LogP contribution >= 0.6 is 0 Å². The molecule has 0 unspecified atom stereocenters. The Morgan fingerprint density at radius 1 is 1.15 bits per heavy atom. The topological polar surface area (TPSA) is 71.0 Å². The second kappa shape index (κ2) is 7.39. The summed E-state index contributed by atoms with van der Waals surface area (Å²) in [6.07, 6.45) is 1.99. The molecule has 1 aliphatic rings. The van der Waals surface area contributed by atoms with E-state index in [-0.39, 0.29) is 5.91 Å². The first-order valence-electron chi connectivity index (χ1n) is 8.49. The molecule has 0 aromatic heterocycles. The van der Waals surface area contributed by atoms with Crippen molar-refractivity contribution in [2.75, 3.05) is 0 Å². The van der Waals surface area contributed by atoms with Gasteiger partial charge in [0.05, 0.1) is 6.21 Å². The van der Waals surface area contributed by atoms with Crippen molar-refractivity contribution in [3.63, 3.8) is 0 Å². The quantitative estimate of drug-likeness (QED) is 0.641. The van der Waals surface area contributed by atoms with Gasteiger partial charge in [0.25, 0.3) is 5.91 Å². The van der Waals surface area contributed by atoms with Gasteiger partial charge in [-0.2, -0.15) is 5.10 Å². The van der Waals surface area contributed by atoms with Crippen molar-refractivity contribution in [3.05, 3.63) is 65.7 Å². The van der Waals surface area contributed by atoms with Gasteiger partial charge >= 0.3 is 6.03 Å². The molecule has 1 fully saturated rings. The summed E-state index contributed by atoms with van der Waals surface area (Å²) >= 11 is 0. The predicted molar refractivity (Wildman–Crippen MR) is 98.9 cm³/mol. The van der Waals surface area contributed by atoms with Crippen LogP contribution in [0.15, 0.2) is 59.7 Å². The van der Waals surface area contributed by atoms with E-state index >= 15 is 0 Å². The molecule has 2 aromatic rings. The van der Waals surface area contributed by atoms with Crippen LogP contribution < -0.4 is 10.1 Å². The Morgan fingerprint density at radius 2 is 1.92 bits per heavy atom. The number of hydrogen-bond donors (Lipinski definition) is 1. The Bertz CT molecular complexity index is 835. The highest BCUT2D eigenvalue weighted by atomic mass is 16.5. The fourth-order valence-electron chi connectivity index (χ4n) is 2.56. The van der Waals surface area contributed by atoms with Crippen molar-refractivity contribution >= 4 is 18.2 Å². The number of amides is 3. The molecule has 0 spiro atoms. The van der Waals surface area contributed by atoms with E-state index in [9.17, 15) is 9.59 Å². The smallest absolute Gasteiger partial charge is 0.346 e. The first kappa shape index (κ1) is 17.7. The number of nitrogens with zero attached hydrogens (tertiary/aromatic N) is 2. The molecule has 1 aliphatic heterocycles. The standard InChI is InChI=1S/C20H21N3O3/c1-3-20(2)18(24)23(19(25)22-20)21-13-16-10-7-11-17(12-16)26-14-15-8-5-4-6-9-15/h4-13H,3,14H2,1-2H3,(H,22,25)/b21-13-/t20-/m1/s1. The molecule has 6 nitrogen and oxygen atoms in total. The van der Waals surface area contributed by atoms with Crippen LogP contribution in [0.5, 0.6) is 5.75 Å². The van der Waals surface area contributed by atoms with Crippen LogP contribution in [0.1, 0.15) is 31.4 Å². The molecule has 1 heterocycles. The molecule has 0 aliphatic carbocycles. The first-order chi connectivity index (χ1) is 12.5. The maximum Gasteiger partial charge on any atom is 0.346 e. The number of benzene rings is 2. The molecule has 0 bridgehead atoms. The van der Waals surface area contributed by atoms with E-state index in [0.29, 0.717) is 18.8 Å². The average Bonchev–Trinajstić information content (AvgIpc) is 2.89. The Kier molecular flexibility index (Phi) is 5.02.